The van der Waals surface area contributed by atoms with Crippen LogP contribution in [0.5, 0.6) is 0 Å². The van der Waals surface area contributed by atoms with Crippen molar-refractivity contribution in [2.75, 3.05) is 26.3 Å². The lowest BCUT2D eigenvalue weighted by molar-refractivity contribution is -0.287. The van der Waals surface area contributed by atoms with E-state index in [0.717, 1.165) is 0 Å². The molecule has 0 rings (SSSR count). The van der Waals surface area contributed by atoms with Gasteiger partial charge in [-0.3, -0.25) is 9.59 Å². The van der Waals surface area contributed by atoms with E-state index in [1.807, 2.05) is 0 Å². The van der Waals surface area contributed by atoms with Crippen LogP contribution in [-0.4, -0.2) is 66.1 Å². The maximum absolute atomic E-state index is 13.4. The minimum Gasteiger partial charge on any atom is -0.396 e. The molecule has 0 saturated carbocycles. The number of amides is 2. The minimum atomic E-state index is -6.29. The molecule has 0 saturated heterocycles. The highest BCUT2D eigenvalue weighted by Crippen LogP contribution is 2.45. The largest absolute Gasteiger partial charge is 0.396 e. The summed E-state index contributed by atoms with van der Waals surface area (Å²) in [5, 5.41) is 19.3. The highest BCUT2D eigenvalue weighted by Gasteiger charge is 2.77. The normalized spacial score (nSPS) is 12.9. The fraction of sp³-hybridized carbons (Fsp3) is 0.818. The van der Waals surface area contributed by atoms with Crippen molar-refractivity contribution in [1.82, 2.24) is 10.6 Å². The van der Waals surface area contributed by atoms with Crippen molar-refractivity contribution in [2.45, 2.75) is 30.6 Å². The number of alkyl halides is 6. The van der Waals surface area contributed by atoms with Crippen LogP contribution in [0.1, 0.15) is 12.8 Å². The summed E-state index contributed by atoms with van der Waals surface area (Å²) >= 11 is 0. The van der Waals surface area contributed by atoms with E-state index in [-0.39, 0.29) is 12.8 Å². The Kier molecular flexibility index (Phi) is 7.77. The number of carbonyl (C=O) groups excluding carboxylic acids is 2. The maximum Gasteiger partial charge on any atom is 0.393 e. The second kappa shape index (κ2) is 8.34. The Morgan fingerprint density at radius 1 is 0.739 bits per heavy atom. The van der Waals surface area contributed by atoms with Crippen molar-refractivity contribution < 1.29 is 46.1 Å². The molecule has 0 atom stereocenters. The molecule has 0 aliphatic carbocycles. The monoisotopic (exact) mass is 354 g/mol. The molecule has 0 aromatic heterocycles. The average molecular weight is 354 g/mol. The summed E-state index contributed by atoms with van der Waals surface area (Å²) in [5.41, 5.74) is 0. The topological polar surface area (TPSA) is 98.7 Å². The van der Waals surface area contributed by atoms with Gasteiger partial charge < -0.3 is 20.8 Å². The van der Waals surface area contributed by atoms with Gasteiger partial charge in [-0.15, -0.1) is 0 Å². The standard InChI is InChI=1S/C11H16F6N2O4/c12-9(13,7(22)18-3-1-5-20)11(16,17)10(14,15)8(23)19-4-2-6-21/h20-21H,1-6H2,(H,18,22)(H,19,23). The summed E-state index contributed by atoms with van der Waals surface area (Å²) < 4.78 is 80.1. The Bertz CT molecular complexity index is 383. The third-order valence-electron chi connectivity index (χ3n) is 2.60. The van der Waals surface area contributed by atoms with Crippen molar-refractivity contribution in [3.63, 3.8) is 0 Å². The number of rotatable bonds is 10. The SMILES string of the molecule is O=C(NCCCO)C(F)(F)C(F)(F)C(F)(F)C(=O)NCCCO. The summed E-state index contributed by atoms with van der Waals surface area (Å²) in [6.45, 7) is -2.39. The number of carbonyl (C=O) groups is 2. The second-order valence-electron chi connectivity index (χ2n) is 4.39. The van der Waals surface area contributed by atoms with Gasteiger partial charge in [-0.25, -0.2) is 0 Å². The highest BCUT2D eigenvalue weighted by atomic mass is 19.3. The molecule has 0 fully saturated rings. The molecule has 0 aromatic carbocycles. The molecule has 4 N–H and O–H groups in total. The van der Waals surface area contributed by atoms with E-state index in [4.69, 9.17) is 10.2 Å². The number of aliphatic hydroxyl groups is 2. The Labute approximate surface area is 126 Å². The Balaban J connectivity index is 5.15. The molecule has 0 aliphatic heterocycles. The predicted octanol–water partition coefficient (Wildman–Crippen LogP) is -0.110. The van der Waals surface area contributed by atoms with Gasteiger partial charge >= 0.3 is 17.8 Å². The van der Waals surface area contributed by atoms with Crippen LogP contribution < -0.4 is 10.6 Å². The first-order valence-electron chi connectivity index (χ1n) is 6.38. The summed E-state index contributed by atoms with van der Waals surface area (Å²) in [4.78, 5) is 22.0. The van der Waals surface area contributed by atoms with E-state index in [1.54, 1.807) is 0 Å². The average Bonchev–Trinajstić information content (AvgIpc) is 2.46. The third-order valence-corrected chi connectivity index (χ3v) is 2.60. The number of aliphatic hydroxyl groups excluding tert-OH is 2. The number of hydrogen-bond acceptors (Lipinski definition) is 4. The van der Waals surface area contributed by atoms with Gasteiger partial charge in [-0.2, -0.15) is 26.3 Å². The number of nitrogens with one attached hydrogen (secondary N) is 2. The van der Waals surface area contributed by atoms with E-state index in [0.29, 0.717) is 0 Å². The van der Waals surface area contributed by atoms with Crippen LogP contribution >= 0.6 is 0 Å². The lowest BCUT2D eigenvalue weighted by atomic mass is 10.0. The molecule has 0 bridgehead atoms. The molecular weight excluding hydrogens is 338 g/mol. The van der Waals surface area contributed by atoms with E-state index < -0.39 is 55.9 Å². The molecule has 23 heavy (non-hydrogen) atoms. The van der Waals surface area contributed by atoms with Crippen LogP contribution in [-0.2, 0) is 9.59 Å². The van der Waals surface area contributed by atoms with Gasteiger partial charge in [0.2, 0.25) is 0 Å². The first kappa shape index (κ1) is 21.4. The van der Waals surface area contributed by atoms with Gasteiger partial charge in [0, 0.05) is 26.3 Å². The van der Waals surface area contributed by atoms with Gasteiger partial charge in [0.25, 0.3) is 11.8 Å². The smallest absolute Gasteiger partial charge is 0.393 e. The van der Waals surface area contributed by atoms with Crippen LogP contribution in [0.3, 0.4) is 0 Å². The first-order chi connectivity index (χ1) is 10.5. The molecule has 2 amide bonds. The number of hydrogen-bond donors (Lipinski definition) is 4. The van der Waals surface area contributed by atoms with E-state index in [2.05, 4.69) is 0 Å². The lowest BCUT2D eigenvalue weighted by Crippen LogP contribution is -2.65. The molecule has 0 heterocycles. The van der Waals surface area contributed by atoms with Crippen LogP contribution in [0, 0.1) is 0 Å². The van der Waals surface area contributed by atoms with Crippen LogP contribution in [0.4, 0.5) is 26.3 Å². The molecule has 6 nitrogen and oxygen atoms in total. The lowest BCUT2D eigenvalue weighted by Gasteiger charge is -2.30. The Hall–Kier alpha value is -1.56. The summed E-state index contributed by atoms with van der Waals surface area (Å²) in [6.07, 6.45) is -0.517. The molecule has 0 aromatic rings. The zero-order valence-electron chi connectivity index (χ0n) is 11.7. The second-order valence-corrected chi connectivity index (χ2v) is 4.39. The number of halogens is 6. The van der Waals surface area contributed by atoms with Gasteiger partial charge in [-0.1, -0.05) is 0 Å². The fourth-order valence-corrected chi connectivity index (χ4v) is 1.27. The zero-order valence-corrected chi connectivity index (χ0v) is 11.7. The fourth-order valence-electron chi connectivity index (χ4n) is 1.27. The summed E-state index contributed by atoms with van der Waals surface area (Å²) in [7, 11) is 0. The maximum atomic E-state index is 13.4. The highest BCUT2D eigenvalue weighted by molar-refractivity contribution is 5.89. The Morgan fingerprint density at radius 3 is 1.30 bits per heavy atom. The van der Waals surface area contributed by atoms with Crippen molar-refractivity contribution in [1.29, 1.82) is 0 Å². The van der Waals surface area contributed by atoms with Gasteiger partial charge in [-0.05, 0) is 12.8 Å². The molecule has 0 radical (unpaired) electrons. The van der Waals surface area contributed by atoms with Crippen LogP contribution in [0.2, 0.25) is 0 Å². The van der Waals surface area contributed by atoms with E-state index in [1.165, 1.54) is 10.6 Å². The summed E-state index contributed by atoms with van der Waals surface area (Å²) in [5.74, 6) is -23.4. The van der Waals surface area contributed by atoms with Gasteiger partial charge in [0.1, 0.15) is 0 Å². The first-order valence-corrected chi connectivity index (χ1v) is 6.38. The van der Waals surface area contributed by atoms with Crippen LogP contribution in [0.25, 0.3) is 0 Å². The Morgan fingerprint density at radius 2 is 1.04 bits per heavy atom. The minimum absolute atomic E-state index is 0.259. The van der Waals surface area contributed by atoms with Crippen molar-refractivity contribution in [2.24, 2.45) is 0 Å². The molecule has 12 heteroatoms. The molecule has 0 spiro atoms. The van der Waals surface area contributed by atoms with E-state index >= 15 is 0 Å². The molecule has 0 unspecified atom stereocenters. The summed E-state index contributed by atoms with van der Waals surface area (Å²) in [6, 6.07) is 0. The van der Waals surface area contributed by atoms with Gasteiger partial charge in [0.05, 0.1) is 0 Å². The van der Waals surface area contributed by atoms with E-state index in [9.17, 15) is 35.9 Å². The zero-order chi connectivity index (χ0) is 18.3. The van der Waals surface area contributed by atoms with Crippen molar-refractivity contribution >= 4 is 11.8 Å². The van der Waals surface area contributed by atoms with Crippen molar-refractivity contribution in [3.8, 4) is 0 Å². The molecule has 136 valence electrons. The quantitative estimate of drug-likeness (QED) is 0.325. The van der Waals surface area contributed by atoms with Crippen LogP contribution in [0.15, 0.2) is 0 Å². The predicted molar refractivity (Wildman–Crippen MR) is 64.3 cm³/mol. The molecular formula is C11H16F6N2O4. The van der Waals surface area contributed by atoms with Gasteiger partial charge in [0.15, 0.2) is 0 Å². The third kappa shape index (κ3) is 4.70. The van der Waals surface area contributed by atoms with Crippen molar-refractivity contribution in [3.05, 3.63) is 0 Å². The molecule has 0 aliphatic rings.